The quantitative estimate of drug-likeness (QED) is 0.631. The molecule has 1 aliphatic rings. The molecule has 0 saturated carbocycles. The van der Waals surface area contributed by atoms with Gasteiger partial charge in [0.1, 0.15) is 6.20 Å². The first kappa shape index (κ1) is 10.5. The van der Waals surface area contributed by atoms with Crippen LogP contribution in [-0.4, -0.2) is 43.2 Å². The predicted octanol–water partition coefficient (Wildman–Crippen LogP) is 0.547. The van der Waals surface area contributed by atoms with Crippen molar-refractivity contribution in [1.29, 1.82) is 0 Å². The highest BCUT2D eigenvalue weighted by atomic mass is 32.2. The van der Waals surface area contributed by atoms with Crippen molar-refractivity contribution in [3.8, 4) is 0 Å². The zero-order chi connectivity index (χ0) is 10.1. The Hall–Kier alpha value is -0.550. The van der Waals surface area contributed by atoms with Crippen molar-refractivity contribution in [2.75, 3.05) is 26.0 Å². The molecular formula is C8H17N2O2S+. The minimum absolute atomic E-state index is 0.0694. The van der Waals surface area contributed by atoms with E-state index in [1.807, 2.05) is 25.1 Å². The molecule has 0 fully saturated rings. The van der Waals surface area contributed by atoms with Crippen LogP contribution in [0.1, 0.15) is 13.8 Å². The smallest absolute Gasteiger partial charge is 0.302 e. The second-order valence-electron chi connectivity index (χ2n) is 3.34. The molecule has 1 rings (SSSR count). The predicted molar refractivity (Wildman–Crippen MR) is 52.0 cm³/mol. The van der Waals surface area contributed by atoms with E-state index in [9.17, 15) is 8.42 Å². The van der Waals surface area contributed by atoms with Crippen LogP contribution < -0.4 is 0 Å². The van der Waals surface area contributed by atoms with Crippen LogP contribution in [0.2, 0.25) is 0 Å². The molecule has 1 atom stereocenters. The average molecular weight is 205 g/mol. The lowest BCUT2D eigenvalue weighted by Crippen LogP contribution is -2.49. The van der Waals surface area contributed by atoms with Crippen LogP contribution in [0.25, 0.3) is 0 Å². The van der Waals surface area contributed by atoms with E-state index < -0.39 is 10.0 Å². The van der Waals surface area contributed by atoms with Crippen molar-refractivity contribution in [2.24, 2.45) is 0 Å². The summed E-state index contributed by atoms with van der Waals surface area (Å²) in [6, 6.07) is 0. The standard InChI is InChI=1S/C8H17N2O2S/c1-4-10(13(11,12)5-2)7-6-9(3)8-10/h6-7H,4-5,8H2,1-3H3/q+1. The Labute approximate surface area is 80.1 Å². The van der Waals surface area contributed by atoms with Crippen LogP contribution in [-0.2, 0) is 10.0 Å². The van der Waals surface area contributed by atoms with Crippen LogP contribution in [0.15, 0.2) is 12.4 Å². The Bertz CT molecular complexity index is 310. The second-order valence-corrected chi connectivity index (χ2v) is 5.80. The number of nitrogens with zero attached hydrogens (tertiary/aromatic N) is 2. The van der Waals surface area contributed by atoms with E-state index in [0.29, 0.717) is 13.2 Å². The third-order valence-electron chi connectivity index (χ3n) is 2.51. The van der Waals surface area contributed by atoms with Gasteiger partial charge in [0.2, 0.25) is 0 Å². The minimum atomic E-state index is -3.03. The van der Waals surface area contributed by atoms with E-state index in [2.05, 4.69) is 0 Å². The van der Waals surface area contributed by atoms with E-state index in [0.717, 1.165) is 0 Å². The molecule has 4 nitrogen and oxygen atoms in total. The maximum Gasteiger partial charge on any atom is 0.302 e. The van der Waals surface area contributed by atoms with Gasteiger partial charge in [0.05, 0.1) is 18.5 Å². The van der Waals surface area contributed by atoms with Gasteiger partial charge in [-0.2, -0.15) is 12.3 Å². The van der Waals surface area contributed by atoms with Gasteiger partial charge in [-0.15, -0.1) is 0 Å². The molecule has 0 aliphatic carbocycles. The van der Waals surface area contributed by atoms with Gasteiger partial charge in [-0.25, -0.2) is 0 Å². The van der Waals surface area contributed by atoms with E-state index in [1.54, 1.807) is 13.1 Å². The van der Waals surface area contributed by atoms with Crippen LogP contribution in [0, 0.1) is 0 Å². The minimum Gasteiger partial charge on any atom is -0.328 e. The molecule has 0 amide bonds. The lowest BCUT2D eigenvalue weighted by Gasteiger charge is -2.29. The summed E-state index contributed by atoms with van der Waals surface area (Å²) in [6.45, 7) is 4.72. The highest BCUT2D eigenvalue weighted by molar-refractivity contribution is 7.85. The van der Waals surface area contributed by atoms with Gasteiger partial charge in [-0.05, 0) is 13.8 Å². The van der Waals surface area contributed by atoms with Crippen LogP contribution in [0.5, 0.6) is 0 Å². The lowest BCUT2D eigenvalue weighted by atomic mass is 10.6. The Morgan fingerprint density at radius 1 is 1.46 bits per heavy atom. The summed E-state index contributed by atoms with van der Waals surface area (Å²) in [6.07, 6.45) is 3.59. The fraction of sp³-hybridized carbons (Fsp3) is 0.750. The largest absolute Gasteiger partial charge is 0.328 e. The third-order valence-corrected chi connectivity index (χ3v) is 4.84. The molecule has 5 heteroatoms. The summed E-state index contributed by atoms with van der Waals surface area (Å²) in [5.74, 6) is 0.193. The van der Waals surface area contributed by atoms with E-state index in [4.69, 9.17) is 0 Å². The van der Waals surface area contributed by atoms with Crippen LogP contribution in [0.3, 0.4) is 0 Å². The highest BCUT2D eigenvalue weighted by Gasteiger charge is 2.40. The first-order chi connectivity index (χ1) is 5.97. The maximum absolute atomic E-state index is 11.8. The van der Waals surface area contributed by atoms with Crippen molar-refractivity contribution >= 4 is 10.0 Å². The van der Waals surface area contributed by atoms with Crippen molar-refractivity contribution in [2.45, 2.75) is 13.8 Å². The topological polar surface area (TPSA) is 37.4 Å². The first-order valence-corrected chi connectivity index (χ1v) is 6.07. The molecule has 0 aromatic heterocycles. The maximum atomic E-state index is 11.8. The molecule has 1 unspecified atom stereocenters. The third kappa shape index (κ3) is 1.58. The van der Waals surface area contributed by atoms with Gasteiger partial charge in [-0.1, -0.05) is 0 Å². The van der Waals surface area contributed by atoms with Crippen molar-refractivity contribution in [3.05, 3.63) is 12.4 Å². The van der Waals surface area contributed by atoms with Gasteiger partial charge in [0, 0.05) is 7.05 Å². The van der Waals surface area contributed by atoms with Crippen LogP contribution >= 0.6 is 0 Å². The van der Waals surface area contributed by atoms with Crippen LogP contribution in [0.4, 0.5) is 0 Å². The fourth-order valence-electron chi connectivity index (χ4n) is 1.55. The molecule has 76 valence electrons. The Morgan fingerprint density at radius 2 is 2.08 bits per heavy atom. The summed E-state index contributed by atoms with van der Waals surface area (Å²) < 4.78 is 23.7. The molecule has 0 bridgehead atoms. The zero-order valence-corrected chi connectivity index (χ0v) is 9.21. The first-order valence-electron chi connectivity index (χ1n) is 4.46. The Kier molecular flexibility index (Phi) is 2.68. The average Bonchev–Trinajstić information content (AvgIpc) is 2.49. The Morgan fingerprint density at radius 3 is 2.38 bits per heavy atom. The molecule has 0 spiro atoms. The van der Waals surface area contributed by atoms with E-state index in [-0.39, 0.29) is 9.64 Å². The molecular weight excluding hydrogens is 188 g/mol. The number of sulfonamides is 1. The molecule has 13 heavy (non-hydrogen) atoms. The lowest BCUT2D eigenvalue weighted by molar-refractivity contribution is -0.752. The summed E-state index contributed by atoms with van der Waals surface area (Å²) in [5, 5.41) is 0. The van der Waals surface area contributed by atoms with Crippen molar-refractivity contribution in [3.63, 3.8) is 0 Å². The van der Waals surface area contributed by atoms with Gasteiger partial charge < -0.3 is 4.90 Å². The molecule has 0 radical (unpaired) electrons. The molecule has 0 aromatic rings. The normalized spacial score (nSPS) is 28.4. The number of hydrogen-bond acceptors (Lipinski definition) is 3. The molecule has 0 aromatic carbocycles. The summed E-state index contributed by atoms with van der Waals surface area (Å²) in [7, 11) is -1.15. The molecule has 0 N–H and O–H groups in total. The van der Waals surface area contributed by atoms with Gasteiger partial charge in [-0.3, -0.25) is 0 Å². The van der Waals surface area contributed by atoms with E-state index >= 15 is 0 Å². The van der Waals surface area contributed by atoms with Crippen molar-refractivity contribution in [1.82, 2.24) is 4.90 Å². The Balaban J connectivity index is 3.04. The number of quaternary nitrogens is 1. The fourth-order valence-corrected chi connectivity index (χ4v) is 3.05. The molecule has 0 saturated heterocycles. The summed E-state index contributed by atoms with van der Waals surface area (Å²) in [4.78, 5) is 1.90. The number of hydrogen-bond donors (Lipinski definition) is 0. The monoisotopic (exact) mass is 205 g/mol. The zero-order valence-electron chi connectivity index (χ0n) is 8.40. The SMILES string of the molecule is CC[N+]1(S(=O)(=O)CC)C=CN(C)C1. The second kappa shape index (κ2) is 3.31. The molecule has 1 aliphatic heterocycles. The molecule has 1 heterocycles. The van der Waals surface area contributed by atoms with E-state index in [1.165, 1.54) is 0 Å². The van der Waals surface area contributed by atoms with Gasteiger partial charge >= 0.3 is 10.0 Å². The highest BCUT2D eigenvalue weighted by Crippen LogP contribution is 2.22. The van der Waals surface area contributed by atoms with Gasteiger partial charge in [0.15, 0.2) is 6.67 Å². The number of rotatable bonds is 3. The summed E-state index contributed by atoms with van der Waals surface area (Å²) in [5.41, 5.74) is 0. The van der Waals surface area contributed by atoms with Gasteiger partial charge in [0.25, 0.3) is 0 Å². The summed E-state index contributed by atoms with van der Waals surface area (Å²) >= 11 is 0. The van der Waals surface area contributed by atoms with Crippen molar-refractivity contribution < 1.29 is 12.3 Å².